The first-order chi connectivity index (χ1) is 11.6. The largest absolute Gasteiger partial charge is 0.491 e. The Hall–Kier alpha value is -2.34. The second-order valence-electron chi connectivity index (χ2n) is 5.58. The Bertz CT molecular complexity index is 860. The zero-order chi connectivity index (χ0) is 16.9. The summed E-state index contributed by atoms with van der Waals surface area (Å²) in [4.78, 5) is 15.8. The van der Waals surface area contributed by atoms with E-state index in [0.717, 1.165) is 10.9 Å². The van der Waals surface area contributed by atoms with Gasteiger partial charge in [-0.2, -0.15) is 0 Å². The average molecular weight is 395 g/mol. The lowest BCUT2D eigenvalue weighted by Gasteiger charge is -2.15. The topological polar surface area (TPSA) is 85.4 Å². The van der Waals surface area contributed by atoms with Crippen molar-refractivity contribution in [1.29, 1.82) is 0 Å². The fourth-order valence-corrected chi connectivity index (χ4v) is 2.63. The van der Waals surface area contributed by atoms with Gasteiger partial charge in [-0.25, -0.2) is 4.79 Å². The molecule has 138 valence electrons. The summed E-state index contributed by atoms with van der Waals surface area (Å²) in [5.41, 5.74) is 7.71. The molecule has 0 aliphatic carbocycles. The minimum atomic E-state index is -1.06. The maximum atomic E-state index is 11.6. The number of rotatable bonds is 6. The number of benzene rings is 2. The van der Waals surface area contributed by atoms with E-state index in [1.54, 1.807) is 24.4 Å². The van der Waals surface area contributed by atoms with Crippen LogP contribution in [-0.4, -0.2) is 28.7 Å². The van der Waals surface area contributed by atoms with Crippen molar-refractivity contribution >= 4 is 41.7 Å². The number of carboxylic acids is 1. The molecule has 0 saturated carbocycles. The molecular weight excluding hydrogens is 375 g/mol. The van der Waals surface area contributed by atoms with Crippen LogP contribution in [0.2, 0.25) is 0 Å². The van der Waals surface area contributed by atoms with Crippen LogP contribution in [0.3, 0.4) is 0 Å². The van der Waals surface area contributed by atoms with Crippen molar-refractivity contribution in [2.24, 2.45) is 5.73 Å². The van der Waals surface area contributed by atoms with Gasteiger partial charge in [0.25, 0.3) is 0 Å². The van der Waals surface area contributed by atoms with E-state index in [1.807, 2.05) is 36.4 Å². The van der Waals surface area contributed by atoms with Gasteiger partial charge < -0.3 is 15.6 Å². The molecule has 0 fully saturated rings. The van der Waals surface area contributed by atoms with Gasteiger partial charge in [0.05, 0.1) is 5.52 Å². The summed E-state index contributed by atoms with van der Waals surface area (Å²) in [6.45, 7) is 0.230. The molecule has 0 spiro atoms. The van der Waals surface area contributed by atoms with Gasteiger partial charge in [0.1, 0.15) is 17.9 Å². The second kappa shape index (κ2) is 9.97. The van der Waals surface area contributed by atoms with Crippen LogP contribution in [0.4, 0.5) is 0 Å². The summed E-state index contributed by atoms with van der Waals surface area (Å²) in [7, 11) is 0. The first-order valence-corrected chi connectivity index (χ1v) is 7.68. The number of ether oxygens (including phenoxy) is 1. The number of nitrogens with zero attached hydrogens (tertiary/aromatic N) is 1. The average Bonchev–Trinajstić information content (AvgIpc) is 2.60. The molecule has 2 aromatic carbocycles. The first-order valence-electron chi connectivity index (χ1n) is 7.68. The van der Waals surface area contributed by atoms with Crippen molar-refractivity contribution in [2.45, 2.75) is 12.5 Å². The SMILES string of the molecule is Cl.Cl.N[C@@H](COc1ccc2cccnc2c1C(=O)O)Cc1ccccc1. The normalized spacial score (nSPS) is 11.1. The molecule has 7 heteroatoms. The number of hydrogen-bond donors (Lipinski definition) is 2. The lowest BCUT2D eigenvalue weighted by Crippen LogP contribution is -2.30. The molecule has 0 saturated heterocycles. The van der Waals surface area contributed by atoms with Gasteiger partial charge >= 0.3 is 5.97 Å². The van der Waals surface area contributed by atoms with E-state index in [1.165, 1.54) is 0 Å². The van der Waals surface area contributed by atoms with Gasteiger partial charge in [-0.15, -0.1) is 24.8 Å². The van der Waals surface area contributed by atoms with Crippen LogP contribution in [0.15, 0.2) is 60.8 Å². The van der Waals surface area contributed by atoms with E-state index in [-0.39, 0.29) is 48.8 Å². The van der Waals surface area contributed by atoms with Gasteiger partial charge in [-0.05, 0) is 30.2 Å². The Morgan fingerprint density at radius 3 is 2.50 bits per heavy atom. The molecule has 0 radical (unpaired) electrons. The van der Waals surface area contributed by atoms with Crippen LogP contribution in [0, 0.1) is 0 Å². The molecule has 0 aliphatic rings. The first kappa shape index (κ1) is 21.7. The molecule has 0 bridgehead atoms. The molecule has 3 N–H and O–H groups in total. The van der Waals surface area contributed by atoms with Crippen LogP contribution in [0.1, 0.15) is 15.9 Å². The Balaban J connectivity index is 0.00000169. The molecule has 3 rings (SSSR count). The van der Waals surface area contributed by atoms with Crippen LogP contribution in [-0.2, 0) is 6.42 Å². The number of fused-ring (bicyclic) bond motifs is 1. The van der Waals surface area contributed by atoms with E-state index in [4.69, 9.17) is 10.5 Å². The van der Waals surface area contributed by atoms with Crippen LogP contribution < -0.4 is 10.5 Å². The predicted molar refractivity (Wildman–Crippen MR) is 107 cm³/mol. The molecule has 1 aromatic heterocycles. The van der Waals surface area contributed by atoms with Gasteiger partial charge in [0.2, 0.25) is 0 Å². The number of aromatic nitrogens is 1. The number of carbonyl (C=O) groups is 1. The minimum absolute atomic E-state index is 0. The maximum absolute atomic E-state index is 11.6. The van der Waals surface area contributed by atoms with E-state index in [0.29, 0.717) is 11.9 Å². The summed E-state index contributed by atoms with van der Waals surface area (Å²) < 4.78 is 5.69. The second-order valence-corrected chi connectivity index (χ2v) is 5.58. The van der Waals surface area contributed by atoms with Crippen molar-refractivity contribution < 1.29 is 14.6 Å². The lowest BCUT2D eigenvalue weighted by molar-refractivity contribution is 0.0694. The Labute approximate surface area is 164 Å². The van der Waals surface area contributed by atoms with Gasteiger partial charge in [0, 0.05) is 17.6 Å². The number of hydrogen-bond acceptors (Lipinski definition) is 4. The standard InChI is InChI=1S/C19H18N2O3.2ClH/c20-15(11-13-5-2-1-3-6-13)12-24-16-9-8-14-7-4-10-21-18(14)17(16)19(22)23;;/h1-10,15H,11-12,20H2,(H,22,23);2*1H/t15-;;/m1../s1. The zero-order valence-electron chi connectivity index (χ0n) is 13.9. The molecule has 26 heavy (non-hydrogen) atoms. The lowest BCUT2D eigenvalue weighted by atomic mass is 10.1. The van der Waals surface area contributed by atoms with Gasteiger partial charge in [-0.3, -0.25) is 4.98 Å². The van der Waals surface area contributed by atoms with Gasteiger partial charge in [0.15, 0.2) is 0 Å². The Morgan fingerprint density at radius 1 is 1.08 bits per heavy atom. The number of carboxylic acid groups (broad SMARTS) is 1. The molecule has 5 nitrogen and oxygen atoms in total. The molecule has 1 heterocycles. The van der Waals surface area contributed by atoms with Crippen LogP contribution in [0.5, 0.6) is 5.75 Å². The quantitative estimate of drug-likeness (QED) is 0.665. The highest BCUT2D eigenvalue weighted by Gasteiger charge is 2.17. The van der Waals surface area contributed by atoms with Crippen molar-refractivity contribution in [1.82, 2.24) is 4.98 Å². The smallest absolute Gasteiger partial charge is 0.341 e. The highest BCUT2D eigenvalue weighted by molar-refractivity contribution is 6.04. The Morgan fingerprint density at radius 2 is 1.81 bits per heavy atom. The molecular formula is C19H20Cl2N2O3. The number of pyridine rings is 1. The zero-order valence-corrected chi connectivity index (χ0v) is 15.5. The van der Waals surface area contributed by atoms with E-state index >= 15 is 0 Å². The molecule has 3 aromatic rings. The third kappa shape index (κ3) is 5.08. The molecule has 0 amide bonds. The van der Waals surface area contributed by atoms with E-state index < -0.39 is 5.97 Å². The fourth-order valence-electron chi connectivity index (χ4n) is 2.63. The third-order valence-corrected chi connectivity index (χ3v) is 3.74. The molecule has 1 atom stereocenters. The number of halogens is 2. The molecule has 0 aliphatic heterocycles. The van der Waals surface area contributed by atoms with E-state index in [2.05, 4.69) is 4.98 Å². The summed E-state index contributed by atoms with van der Waals surface area (Å²) >= 11 is 0. The third-order valence-electron chi connectivity index (χ3n) is 3.74. The van der Waals surface area contributed by atoms with Crippen molar-refractivity contribution in [3.05, 3.63) is 71.9 Å². The van der Waals surface area contributed by atoms with Crippen LogP contribution in [0.25, 0.3) is 10.9 Å². The summed E-state index contributed by atoms with van der Waals surface area (Å²) in [6, 6.07) is 16.7. The summed E-state index contributed by atoms with van der Waals surface area (Å²) in [5.74, 6) is -0.775. The summed E-state index contributed by atoms with van der Waals surface area (Å²) in [5, 5.41) is 10.3. The maximum Gasteiger partial charge on any atom is 0.341 e. The van der Waals surface area contributed by atoms with Crippen molar-refractivity contribution in [3.8, 4) is 5.75 Å². The fraction of sp³-hybridized carbons (Fsp3) is 0.158. The number of nitrogens with two attached hydrogens (primary N) is 1. The van der Waals surface area contributed by atoms with Gasteiger partial charge in [-0.1, -0.05) is 36.4 Å². The predicted octanol–water partition coefficient (Wildman–Crippen LogP) is 3.73. The van der Waals surface area contributed by atoms with Crippen LogP contribution >= 0.6 is 24.8 Å². The van der Waals surface area contributed by atoms with Crippen molar-refractivity contribution in [3.63, 3.8) is 0 Å². The monoisotopic (exact) mass is 394 g/mol. The highest BCUT2D eigenvalue weighted by Crippen LogP contribution is 2.26. The molecule has 0 unspecified atom stereocenters. The number of aromatic carboxylic acids is 1. The summed E-state index contributed by atoms with van der Waals surface area (Å²) in [6.07, 6.45) is 2.23. The Kier molecular flexibility index (Phi) is 8.32. The van der Waals surface area contributed by atoms with E-state index in [9.17, 15) is 9.90 Å². The van der Waals surface area contributed by atoms with Crippen molar-refractivity contribution in [2.75, 3.05) is 6.61 Å². The minimum Gasteiger partial charge on any atom is -0.491 e. The highest BCUT2D eigenvalue weighted by atomic mass is 35.5.